The molecule has 0 N–H and O–H groups in total. The quantitative estimate of drug-likeness (QED) is 0.782. The average Bonchev–Trinajstić information content (AvgIpc) is 2.91. The van der Waals surface area contributed by atoms with Crippen LogP contribution in [0.2, 0.25) is 0 Å². The molecule has 1 atom stereocenters. The molecule has 0 aliphatic carbocycles. The van der Waals surface area contributed by atoms with Gasteiger partial charge in [-0.25, -0.2) is 9.37 Å². The van der Waals surface area contributed by atoms with Crippen molar-refractivity contribution >= 4 is 28.8 Å². The molecule has 0 amide bonds. The topological polar surface area (TPSA) is 16.1 Å². The van der Waals surface area contributed by atoms with Gasteiger partial charge in [-0.2, -0.15) is 0 Å². The van der Waals surface area contributed by atoms with Crippen LogP contribution in [0.15, 0.2) is 29.8 Å². The van der Waals surface area contributed by atoms with Crippen LogP contribution in [-0.2, 0) is 5.88 Å². The van der Waals surface area contributed by atoms with Crippen LogP contribution in [0, 0.1) is 5.82 Å². The minimum absolute atomic E-state index is 0.0811. The van der Waals surface area contributed by atoms with E-state index in [-0.39, 0.29) is 17.7 Å². The smallest absolute Gasteiger partial charge is 0.170 e. The van der Waals surface area contributed by atoms with Crippen LogP contribution in [0.5, 0.6) is 0 Å². The molecular formula is C13H14ClFN2S. The Labute approximate surface area is 115 Å². The van der Waals surface area contributed by atoms with Crippen LogP contribution >= 0.6 is 22.9 Å². The maximum atomic E-state index is 14.1. The molecule has 0 bridgehead atoms. The number of anilines is 1. The predicted octanol–water partition coefficient (Wildman–Crippen LogP) is 4.22. The van der Waals surface area contributed by atoms with E-state index in [0.717, 1.165) is 0 Å². The van der Waals surface area contributed by atoms with Crippen LogP contribution in [0.25, 0.3) is 0 Å². The van der Waals surface area contributed by atoms with E-state index in [2.05, 4.69) is 4.98 Å². The molecule has 0 spiro atoms. The fourth-order valence-electron chi connectivity index (χ4n) is 1.72. The molecule has 0 fully saturated rings. The van der Waals surface area contributed by atoms with Gasteiger partial charge in [-0.3, -0.25) is 0 Å². The fraction of sp³-hybridized carbons (Fsp3) is 0.308. The zero-order valence-electron chi connectivity index (χ0n) is 10.2. The molecule has 0 aromatic carbocycles. The first kappa shape index (κ1) is 13.3. The summed E-state index contributed by atoms with van der Waals surface area (Å²) in [7, 11) is 1.84. The highest BCUT2D eigenvalue weighted by Crippen LogP contribution is 2.29. The van der Waals surface area contributed by atoms with Gasteiger partial charge in [0.1, 0.15) is 0 Å². The maximum absolute atomic E-state index is 14.1. The van der Waals surface area contributed by atoms with Crippen molar-refractivity contribution < 1.29 is 4.39 Å². The third-order valence-corrected chi connectivity index (χ3v) is 4.30. The molecule has 0 aliphatic heterocycles. The van der Waals surface area contributed by atoms with Gasteiger partial charge in [-0.05, 0) is 24.4 Å². The Morgan fingerprint density at radius 2 is 2.28 bits per heavy atom. The standard InChI is InChI=1S/C13H14ClFN2S/c1-9(11-4-3-7-18-11)17(2)13-12(15)10(8-14)5-6-16-13/h3-7,9H,8H2,1-2H3. The molecule has 2 aromatic rings. The zero-order valence-corrected chi connectivity index (χ0v) is 11.8. The third kappa shape index (κ3) is 2.49. The number of hydrogen-bond acceptors (Lipinski definition) is 3. The lowest BCUT2D eigenvalue weighted by Crippen LogP contribution is -2.23. The SMILES string of the molecule is CC(c1cccs1)N(C)c1nccc(CCl)c1F. The normalized spacial score (nSPS) is 12.4. The third-order valence-electron chi connectivity index (χ3n) is 2.96. The van der Waals surface area contributed by atoms with Gasteiger partial charge in [-0.15, -0.1) is 22.9 Å². The second-order valence-electron chi connectivity index (χ2n) is 4.04. The van der Waals surface area contributed by atoms with Gasteiger partial charge in [-0.1, -0.05) is 6.07 Å². The van der Waals surface area contributed by atoms with E-state index in [0.29, 0.717) is 11.4 Å². The predicted molar refractivity (Wildman–Crippen MR) is 74.9 cm³/mol. The summed E-state index contributed by atoms with van der Waals surface area (Å²) in [5.74, 6) is 0.162. The fourth-order valence-corrected chi connectivity index (χ4v) is 2.76. The first-order valence-electron chi connectivity index (χ1n) is 5.60. The Kier molecular flexibility index (Phi) is 4.19. The van der Waals surface area contributed by atoms with Gasteiger partial charge in [0, 0.05) is 23.7 Å². The summed E-state index contributed by atoms with van der Waals surface area (Å²) in [4.78, 5) is 7.12. The molecular weight excluding hydrogens is 271 g/mol. The van der Waals surface area contributed by atoms with Crippen molar-refractivity contribution in [3.63, 3.8) is 0 Å². The minimum Gasteiger partial charge on any atom is -0.350 e. The Balaban J connectivity index is 2.31. The molecule has 5 heteroatoms. The first-order valence-corrected chi connectivity index (χ1v) is 7.02. The van der Waals surface area contributed by atoms with Crippen molar-refractivity contribution in [3.8, 4) is 0 Å². The van der Waals surface area contributed by atoms with Crippen molar-refractivity contribution in [2.75, 3.05) is 11.9 Å². The van der Waals surface area contributed by atoms with Gasteiger partial charge in [0.05, 0.1) is 11.9 Å². The van der Waals surface area contributed by atoms with Crippen molar-refractivity contribution in [1.29, 1.82) is 0 Å². The van der Waals surface area contributed by atoms with E-state index in [1.165, 1.54) is 4.88 Å². The van der Waals surface area contributed by atoms with E-state index >= 15 is 0 Å². The largest absolute Gasteiger partial charge is 0.350 e. The molecule has 0 aliphatic rings. The Hall–Kier alpha value is -1.13. The summed E-state index contributed by atoms with van der Waals surface area (Å²) in [5.41, 5.74) is 0.479. The molecule has 1 unspecified atom stereocenters. The van der Waals surface area contributed by atoms with Crippen molar-refractivity contribution in [3.05, 3.63) is 46.0 Å². The van der Waals surface area contributed by atoms with Crippen LogP contribution in [0.1, 0.15) is 23.4 Å². The Bertz CT molecular complexity index is 516. The van der Waals surface area contributed by atoms with Gasteiger partial charge < -0.3 is 4.90 Å². The lowest BCUT2D eigenvalue weighted by atomic mass is 10.2. The van der Waals surface area contributed by atoms with Gasteiger partial charge in [0.15, 0.2) is 11.6 Å². The number of hydrogen-bond donors (Lipinski definition) is 0. The summed E-state index contributed by atoms with van der Waals surface area (Å²) in [5, 5.41) is 2.01. The number of nitrogens with zero attached hydrogens (tertiary/aromatic N) is 2. The highest BCUT2D eigenvalue weighted by atomic mass is 35.5. The van der Waals surface area contributed by atoms with Crippen molar-refractivity contribution in [2.45, 2.75) is 18.8 Å². The Morgan fingerprint density at radius 3 is 2.89 bits per heavy atom. The molecule has 2 aromatic heterocycles. The number of aromatic nitrogens is 1. The number of thiophene rings is 1. The molecule has 96 valence electrons. The molecule has 2 nitrogen and oxygen atoms in total. The highest BCUT2D eigenvalue weighted by molar-refractivity contribution is 7.10. The lowest BCUT2D eigenvalue weighted by Gasteiger charge is -2.25. The van der Waals surface area contributed by atoms with Crippen LogP contribution < -0.4 is 4.90 Å². The van der Waals surface area contributed by atoms with Crippen molar-refractivity contribution in [1.82, 2.24) is 4.98 Å². The molecule has 0 saturated carbocycles. The lowest BCUT2D eigenvalue weighted by molar-refractivity contribution is 0.594. The Morgan fingerprint density at radius 1 is 1.50 bits per heavy atom. The van der Waals surface area contributed by atoms with Gasteiger partial charge >= 0.3 is 0 Å². The van der Waals surface area contributed by atoms with Gasteiger partial charge in [0.2, 0.25) is 0 Å². The summed E-state index contributed by atoms with van der Waals surface area (Å²) < 4.78 is 14.1. The maximum Gasteiger partial charge on any atom is 0.170 e. The van der Waals surface area contributed by atoms with E-state index in [4.69, 9.17) is 11.6 Å². The number of pyridine rings is 1. The molecule has 2 rings (SSSR count). The molecule has 0 radical (unpaired) electrons. The first-order chi connectivity index (χ1) is 8.65. The number of halogens is 2. The molecule has 18 heavy (non-hydrogen) atoms. The van der Waals surface area contributed by atoms with Crippen LogP contribution in [-0.4, -0.2) is 12.0 Å². The van der Waals surface area contributed by atoms with Crippen LogP contribution in [0.4, 0.5) is 10.2 Å². The van der Waals surface area contributed by atoms with E-state index < -0.39 is 0 Å². The number of alkyl halides is 1. The summed E-state index contributed by atoms with van der Waals surface area (Å²) in [6.07, 6.45) is 1.59. The summed E-state index contributed by atoms with van der Waals surface area (Å²) in [6.45, 7) is 2.03. The average molecular weight is 285 g/mol. The number of rotatable bonds is 4. The monoisotopic (exact) mass is 284 g/mol. The zero-order chi connectivity index (χ0) is 13.1. The van der Waals surface area contributed by atoms with Crippen molar-refractivity contribution in [2.24, 2.45) is 0 Å². The van der Waals surface area contributed by atoms with E-state index in [9.17, 15) is 4.39 Å². The van der Waals surface area contributed by atoms with Crippen LogP contribution in [0.3, 0.4) is 0 Å². The molecule has 2 heterocycles. The van der Waals surface area contributed by atoms with E-state index in [1.807, 2.05) is 36.4 Å². The van der Waals surface area contributed by atoms with Gasteiger partial charge in [0.25, 0.3) is 0 Å². The van der Waals surface area contributed by atoms with E-state index in [1.54, 1.807) is 23.6 Å². The second-order valence-corrected chi connectivity index (χ2v) is 5.29. The summed E-state index contributed by atoms with van der Waals surface area (Å²) >= 11 is 7.36. The molecule has 0 saturated heterocycles. The highest BCUT2D eigenvalue weighted by Gasteiger charge is 2.19. The minimum atomic E-state index is -0.335. The summed E-state index contributed by atoms with van der Waals surface area (Å²) in [6, 6.07) is 5.71. The second kappa shape index (κ2) is 5.67.